The number of aryl methyl sites for hydroxylation is 1. The molecule has 4 nitrogen and oxygen atoms in total. The fraction of sp³-hybridized carbons (Fsp3) is 0.429. The lowest BCUT2D eigenvalue weighted by Gasteiger charge is -2.06. The summed E-state index contributed by atoms with van der Waals surface area (Å²) in [6.07, 6.45) is 2.74. The van der Waals surface area contributed by atoms with Gasteiger partial charge in [-0.05, 0) is 37.0 Å². The molecule has 1 aromatic rings. The van der Waals surface area contributed by atoms with Crippen LogP contribution in [0.1, 0.15) is 25.3 Å². The van der Waals surface area contributed by atoms with Crippen molar-refractivity contribution in [2.75, 3.05) is 11.9 Å². The van der Waals surface area contributed by atoms with Crippen molar-refractivity contribution in [1.29, 1.82) is 0 Å². The molecular weight excluding hydrogens is 230 g/mol. The fourth-order valence-corrected chi connectivity index (χ4v) is 1.59. The Bertz CT molecular complexity index is 435. The van der Waals surface area contributed by atoms with Crippen molar-refractivity contribution >= 4 is 17.6 Å². The van der Waals surface area contributed by atoms with E-state index in [9.17, 15) is 9.59 Å². The van der Waals surface area contributed by atoms with Crippen LogP contribution in [0.3, 0.4) is 0 Å². The zero-order chi connectivity index (χ0) is 13.0. The van der Waals surface area contributed by atoms with E-state index in [1.54, 1.807) is 0 Å². The van der Waals surface area contributed by atoms with Crippen LogP contribution in [-0.4, -0.2) is 18.5 Å². The van der Waals surface area contributed by atoms with Crippen molar-refractivity contribution in [1.82, 2.24) is 0 Å². The molecule has 0 saturated heterocycles. The van der Waals surface area contributed by atoms with Gasteiger partial charge in [-0.15, -0.1) is 0 Å². The van der Waals surface area contributed by atoms with E-state index in [0.717, 1.165) is 24.9 Å². The third-order valence-corrected chi connectivity index (χ3v) is 2.90. The van der Waals surface area contributed by atoms with Gasteiger partial charge in [-0.3, -0.25) is 9.59 Å². The lowest BCUT2D eigenvalue weighted by molar-refractivity contribution is -0.148. The van der Waals surface area contributed by atoms with E-state index in [1.807, 2.05) is 24.3 Å². The van der Waals surface area contributed by atoms with Crippen LogP contribution >= 0.6 is 0 Å². The van der Waals surface area contributed by atoms with Gasteiger partial charge < -0.3 is 10.1 Å². The van der Waals surface area contributed by atoms with Crippen molar-refractivity contribution in [3.05, 3.63) is 29.8 Å². The SMILES string of the molecule is CCc1ccc(NC(=O)COC(=O)C2CC2)cc1. The van der Waals surface area contributed by atoms with E-state index < -0.39 is 0 Å². The smallest absolute Gasteiger partial charge is 0.309 e. The van der Waals surface area contributed by atoms with Gasteiger partial charge >= 0.3 is 5.97 Å². The van der Waals surface area contributed by atoms with Crippen LogP contribution < -0.4 is 5.32 Å². The second kappa shape index (κ2) is 5.67. The largest absolute Gasteiger partial charge is 0.455 e. The first-order valence-corrected chi connectivity index (χ1v) is 6.24. The molecule has 0 aromatic heterocycles. The number of nitrogens with one attached hydrogen (secondary N) is 1. The van der Waals surface area contributed by atoms with Gasteiger partial charge in [0, 0.05) is 5.69 Å². The average molecular weight is 247 g/mol. The number of carbonyl (C=O) groups excluding carboxylic acids is 2. The average Bonchev–Trinajstić information content (AvgIpc) is 3.21. The number of ether oxygens (including phenoxy) is 1. The maximum absolute atomic E-state index is 11.5. The first kappa shape index (κ1) is 12.6. The number of esters is 1. The minimum absolute atomic E-state index is 0.0293. The molecule has 1 fully saturated rings. The van der Waals surface area contributed by atoms with Crippen molar-refractivity contribution in [2.24, 2.45) is 5.92 Å². The maximum atomic E-state index is 11.5. The highest BCUT2D eigenvalue weighted by Crippen LogP contribution is 2.29. The van der Waals surface area contributed by atoms with Gasteiger partial charge in [-0.2, -0.15) is 0 Å². The Balaban J connectivity index is 1.77. The number of hydrogen-bond donors (Lipinski definition) is 1. The first-order chi connectivity index (χ1) is 8.69. The summed E-state index contributed by atoms with van der Waals surface area (Å²) in [5, 5.41) is 2.69. The van der Waals surface area contributed by atoms with Gasteiger partial charge in [0.2, 0.25) is 0 Å². The molecule has 1 aliphatic carbocycles. The lowest BCUT2D eigenvalue weighted by Crippen LogP contribution is -2.21. The Morgan fingerprint density at radius 3 is 2.50 bits per heavy atom. The topological polar surface area (TPSA) is 55.4 Å². The molecule has 2 rings (SSSR count). The zero-order valence-electron chi connectivity index (χ0n) is 10.4. The number of hydrogen-bond acceptors (Lipinski definition) is 3. The Hall–Kier alpha value is -1.84. The summed E-state index contributed by atoms with van der Waals surface area (Å²) in [7, 11) is 0. The standard InChI is InChI=1S/C14H17NO3/c1-2-10-3-7-12(8-4-10)15-13(16)9-18-14(17)11-5-6-11/h3-4,7-8,11H,2,5-6,9H2,1H3,(H,15,16). The Kier molecular flexibility index (Phi) is 3.97. The predicted octanol–water partition coefficient (Wildman–Crippen LogP) is 2.14. The molecule has 4 heteroatoms. The molecule has 0 bridgehead atoms. The molecule has 0 radical (unpaired) electrons. The van der Waals surface area contributed by atoms with Gasteiger partial charge in [0.05, 0.1) is 5.92 Å². The Morgan fingerprint density at radius 2 is 1.94 bits per heavy atom. The molecule has 1 saturated carbocycles. The Morgan fingerprint density at radius 1 is 1.28 bits per heavy atom. The van der Waals surface area contributed by atoms with Gasteiger partial charge in [0.15, 0.2) is 6.61 Å². The van der Waals surface area contributed by atoms with Gasteiger partial charge in [0.25, 0.3) is 5.91 Å². The van der Waals surface area contributed by atoms with Gasteiger partial charge in [-0.1, -0.05) is 19.1 Å². The monoisotopic (exact) mass is 247 g/mol. The van der Waals surface area contributed by atoms with E-state index in [4.69, 9.17) is 4.74 Å². The van der Waals surface area contributed by atoms with Crippen LogP contribution in [0.4, 0.5) is 5.69 Å². The number of amides is 1. The summed E-state index contributed by atoms with van der Waals surface area (Å²) in [5.74, 6) is -0.527. The summed E-state index contributed by atoms with van der Waals surface area (Å²) in [6.45, 7) is 1.87. The van der Waals surface area contributed by atoms with E-state index in [1.165, 1.54) is 5.56 Å². The molecule has 1 N–H and O–H groups in total. The van der Waals surface area contributed by atoms with Crippen LogP contribution in [0.25, 0.3) is 0 Å². The molecule has 96 valence electrons. The van der Waals surface area contributed by atoms with Crippen LogP contribution in [0.5, 0.6) is 0 Å². The molecule has 0 aliphatic heterocycles. The quantitative estimate of drug-likeness (QED) is 0.811. The molecule has 0 atom stereocenters. The highest BCUT2D eigenvalue weighted by molar-refractivity contribution is 5.93. The van der Waals surface area contributed by atoms with Crippen molar-refractivity contribution in [2.45, 2.75) is 26.2 Å². The number of anilines is 1. The van der Waals surface area contributed by atoms with E-state index in [2.05, 4.69) is 12.2 Å². The van der Waals surface area contributed by atoms with Crippen LogP contribution in [0.15, 0.2) is 24.3 Å². The lowest BCUT2D eigenvalue weighted by atomic mass is 10.1. The summed E-state index contributed by atoms with van der Waals surface area (Å²) < 4.78 is 4.89. The molecular formula is C14H17NO3. The predicted molar refractivity (Wildman–Crippen MR) is 68.1 cm³/mol. The highest BCUT2D eigenvalue weighted by atomic mass is 16.5. The zero-order valence-corrected chi connectivity index (χ0v) is 10.4. The van der Waals surface area contributed by atoms with Crippen LogP contribution in [-0.2, 0) is 20.7 Å². The number of benzene rings is 1. The van der Waals surface area contributed by atoms with Crippen LogP contribution in [0.2, 0.25) is 0 Å². The molecule has 18 heavy (non-hydrogen) atoms. The summed E-state index contributed by atoms with van der Waals surface area (Å²) in [5.41, 5.74) is 1.94. The molecule has 1 amide bonds. The second-order valence-corrected chi connectivity index (χ2v) is 4.48. The molecule has 1 aliphatic rings. The first-order valence-electron chi connectivity index (χ1n) is 6.24. The van der Waals surface area contributed by atoms with Gasteiger partial charge in [-0.25, -0.2) is 0 Å². The minimum atomic E-state index is -0.298. The maximum Gasteiger partial charge on any atom is 0.309 e. The van der Waals surface area contributed by atoms with Crippen molar-refractivity contribution < 1.29 is 14.3 Å². The molecule has 1 aromatic carbocycles. The minimum Gasteiger partial charge on any atom is -0.455 e. The summed E-state index contributed by atoms with van der Waals surface area (Å²) in [4.78, 5) is 22.8. The molecule has 0 heterocycles. The van der Waals surface area contributed by atoms with Crippen molar-refractivity contribution in [3.8, 4) is 0 Å². The van der Waals surface area contributed by atoms with Crippen molar-refractivity contribution in [3.63, 3.8) is 0 Å². The number of rotatable bonds is 5. The summed E-state index contributed by atoms with van der Waals surface area (Å²) in [6, 6.07) is 7.62. The van der Waals surface area contributed by atoms with E-state index >= 15 is 0 Å². The Labute approximate surface area is 106 Å². The third kappa shape index (κ3) is 3.58. The fourth-order valence-electron chi connectivity index (χ4n) is 1.59. The number of carbonyl (C=O) groups is 2. The normalized spacial score (nSPS) is 14.1. The summed E-state index contributed by atoms with van der Waals surface area (Å²) >= 11 is 0. The van der Waals surface area contributed by atoms with Gasteiger partial charge in [0.1, 0.15) is 0 Å². The third-order valence-electron chi connectivity index (χ3n) is 2.90. The van der Waals surface area contributed by atoms with E-state index in [-0.39, 0.29) is 24.4 Å². The molecule has 0 spiro atoms. The highest BCUT2D eigenvalue weighted by Gasteiger charge is 2.31. The molecule has 0 unspecified atom stereocenters. The van der Waals surface area contributed by atoms with Crippen LogP contribution in [0, 0.1) is 5.92 Å². The van der Waals surface area contributed by atoms with E-state index in [0.29, 0.717) is 0 Å². The second-order valence-electron chi connectivity index (χ2n) is 4.48.